The summed E-state index contributed by atoms with van der Waals surface area (Å²) in [6.07, 6.45) is 4.63. The van der Waals surface area contributed by atoms with Crippen LogP contribution in [0.15, 0.2) is 85.2 Å². The molecule has 0 spiro atoms. The lowest BCUT2D eigenvalue weighted by molar-refractivity contribution is 0.0697. The van der Waals surface area contributed by atoms with E-state index in [2.05, 4.69) is 15.0 Å². The van der Waals surface area contributed by atoms with E-state index in [9.17, 15) is 18.3 Å². The Balaban J connectivity index is 1.67. The lowest BCUT2D eigenvalue weighted by atomic mass is 10.0. The molecule has 0 saturated carbocycles. The Labute approximate surface area is 230 Å². The number of rotatable bonds is 8. The molecular formula is C27H25N5O5S2. The van der Waals surface area contributed by atoms with Gasteiger partial charge in [0.05, 0.1) is 36.4 Å². The van der Waals surface area contributed by atoms with Gasteiger partial charge < -0.3 is 24.6 Å². The monoisotopic (exact) mass is 563 g/mol. The van der Waals surface area contributed by atoms with Gasteiger partial charge in [-0.05, 0) is 72.9 Å². The van der Waals surface area contributed by atoms with E-state index in [0.29, 0.717) is 22.2 Å². The van der Waals surface area contributed by atoms with E-state index in [4.69, 9.17) is 17.0 Å². The maximum absolute atomic E-state index is 12.1. The molecule has 39 heavy (non-hydrogen) atoms. The summed E-state index contributed by atoms with van der Waals surface area (Å²) < 4.78 is 33.9. The predicted molar refractivity (Wildman–Crippen MR) is 152 cm³/mol. The average molecular weight is 564 g/mol. The third-order valence-corrected chi connectivity index (χ3v) is 7.21. The minimum absolute atomic E-state index is 0.164. The molecule has 10 nitrogen and oxygen atoms in total. The fraction of sp³-hybridized carbons (Fsp3) is 0.148. The number of thiocarbonyl (C=S) groups is 1. The number of aromatic nitrogens is 2. The Hall–Kier alpha value is -4.42. The minimum atomic E-state index is -3.59. The van der Waals surface area contributed by atoms with Gasteiger partial charge in [0.15, 0.2) is 5.11 Å². The highest BCUT2D eigenvalue weighted by atomic mass is 32.2. The van der Waals surface area contributed by atoms with E-state index in [1.165, 1.54) is 13.2 Å². The zero-order valence-electron chi connectivity index (χ0n) is 21.0. The second kappa shape index (κ2) is 10.4. The van der Waals surface area contributed by atoms with Crippen LogP contribution in [0.25, 0.3) is 5.69 Å². The van der Waals surface area contributed by atoms with E-state index >= 15 is 0 Å². The number of anilines is 2. The largest absolute Gasteiger partial charge is 0.495 e. The standard InChI is InChI=1S/C27H25N5O5S2/c1-37-23-12-11-19(16-21(23)30-39(2,35)36)32-25(24(29-27(32)38)20-9-3-4-13-28-20)22-10-6-14-31(22)18-8-5-7-17(15-18)26(33)34/h3-16,24-25,30H,1-2H3,(H,29,38)(H,33,34)/t24-,25+/m0/s1. The zero-order valence-corrected chi connectivity index (χ0v) is 22.6. The lowest BCUT2D eigenvalue weighted by Crippen LogP contribution is -2.30. The Bertz CT molecular complexity index is 1660. The summed E-state index contributed by atoms with van der Waals surface area (Å²) >= 11 is 5.81. The molecule has 200 valence electrons. The Morgan fingerprint density at radius 3 is 2.59 bits per heavy atom. The number of hydrogen-bond donors (Lipinski definition) is 3. The number of nitrogens with zero attached hydrogens (tertiary/aromatic N) is 3. The first-order valence-corrected chi connectivity index (χ1v) is 14.1. The molecule has 0 unspecified atom stereocenters. The van der Waals surface area contributed by atoms with Gasteiger partial charge in [0.1, 0.15) is 11.8 Å². The average Bonchev–Trinajstić information content (AvgIpc) is 3.52. The minimum Gasteiger partial charge on any atom is -0.495 e. The van der Waals surface area contributed by atoms with Crippen molar-refractivity contribution >= 4 is 44.7 Å². The number of carboxylic acids is 1. The van der Waals surface area contributed by atoms with Crippen molar-refractivity contribution in [1.29, 1.82) is 0 Å². The van der Waals surface area contributed by atoms with Crippen molar-refractivity contribution in [2.45, 2.75) is 12.1 Å². The van der Waals surface area contributed by atoms with Gasteiger partial charge in [-0.15, -0.1) is 0 Å². The Kier molecular flexibility index (Phi) is 6.98. The molecule has 1 fully saturated rings. The van der Waals surface area contributed by atoms with Gasteiger partial charge in [-0.25, -0.2) is 13.2 Å². The van der Waals surface area contributed by atoms with Crippen molar-refractivity contribution in [3.8, 4) is 11.4 Å². The van der Waals surface area contributed by atoms with Crippen LogP contribution in [0.4, 0.5) is 11.4 Å². The Morgan fingerprint density at radius 2 is 1.90 bits per heavy atom. The van der Waals surface area contributed by atoms with Crippen LogP contribution in [0.3, 0.4) is 0 Å². The maximum atomic E-state index is 12.1. The van der Waals surface area contributed by atoms with Gasteiger partial charge in [0, 0.05) is 29.5 Å². The van der Waals surface area contributed by atoms with Crippen LogP contribution in [0, 0.1) is 0 Å². The molecule has 0 bridgehead atoms. The summed E-state index contributed by atoms with van der Waals surface area (Å²) in [4.78, 5) is 18.1. The summed E-state index contributed by atoms with van der Waals surface area (Å²) in [5, 5.41) is 13.3. The number of ether oxygens (including phenoxy) is 1. The van der Waals surface area contributed by atoms with Gasteiger partial charge in [-0.3, -0.25) is 9.71 Å². The molecule has 1 aliphatic rings. The van der Waals surface area contributed by atoms with Crippen LogP contribution in [0.5, 0.6) is 5.75 Å². The summed E-state index contributed by atoms with van der Waals surface area (Å²) in [5.74, 6) is -0.666. The summed E-state index contributed by atoms with van der Waals surface area (Å²) in [5.41, 5.74) is 3.29. The molecular weight excluding hydrogens is 538 g/mol. The van der Waals surface area contributed by atoms with Gasteiger partial charge in [-0.2, -0.15) is 0 Å². The second-order valence-electron chi connectivity index (χ2n) is 8.91. The molecule has 5 rings (SSSR count). The number of hydrogen-bond acceptors (Lipinski definition) is 6. The molecule has 2 aromatic heterocycles. The number of aromatic carboxylic acids is 1. The zero-order chi connectivity index (χ0) is 27.7. The molecule has 3 N–H and O–H groups in total. The summed E-state index contributed by atoms with van der Waals surface area (Å²) in [7, 11) is -2.13. The van der Waals surface area contributed by atoms with Crippen molar-refractivity contribution < 1.29 is 23.1 Å². The number of pyridine rings is 1. The maximum Gasteiger partial charge on any atom is 0.335 e. The Morgan fingerprint density at radius 1 is 1.08 bits per heavy atom. The highest BCUT2D eigenvalue weighted by Crippen LogP contribution is 2.44. The predicted octanol–water partition coefficient (Wildman–Crippen LogP) is 4.13. The molecule has 2 atom stereocenters. The summed E-state index contributed by atoms with van der Waals surface area (Å²) in [6, 6.07) is 20.4. The van der Waals surface area contributed by atoms with E-state index in [0.717, 1.165) is 17.6 Å². The van der Waals surface area contributed by atoms with Crippen molar-refractivity contribution in [2.24, 2.45) is 0 Å². The number of carboxylic acid groups (broad SMARTS) is 1. The van der Waals surface area contributed by atoms with Crippen molar-refractivity contribution in [3.63, 3.8) is 0 Å². The molecule has 1 aliphatic heterocycles. The van der Waals surface area contributed by atoms with Gasteiger partial charge in [0.25, 0.3) is 0 Å². The molecule has 0 amide bonds. The van der Waals surface area contributed by atoms with Crippen LogP contribution in [0.2, 0.25) is 0 Å². The van der Waals surface area contributed by atoms with Crippen molar-refractivity contribution in [2.75, 3.05) is 23.0 Å². The van der Waals surface area contributed by atoms with E-state index in [-0.39, 0.29) is 17.3 Å². The van der Waals surface area contributed by atoms with Gasteiger partial charge in [-0.1, -0.05) is 12.1 Å². The SMILES string of the molecule is COc1ccc(N2C(=S)N[C@@H](c3ccccn3)[C@H]2c2cccn2-c2cccc(C(=O)O)c2)cc1NS(C)(=O)=O. The number of methoxy groups -OCH3 is 1. The lowest BCUT2D eigenvalue weighted by Gasteiger charge is -2.29. The summed E-state index contributed by atoms with van der Waals surface area (Å²) in [6.45, 7) is 0. The molecule has 2 aromatic carbocycles. The fourth-order valence-corrected chi connectivity index (χ4v) is 5.62. The van der Waals surface area contributed by atoms with Crippen LogP contribution >= 0.6 is 12.2 Å². The topological polar surface area (TPSA) is 126 Å². The van der Waals surface area contributed by atoms with Crippen LogP contribution in [0.1, 0.15) is 33.8 Å². The third kappa shape index (κ3) is 5.29. The van der Waals surface area contributed by atoms with Crippen molar-refractivity contribution in [3.05, 3.63) is 102 Å². The third-order valence-electron chi connectivity index (χ3n) is 6.31. The van der Waals surface area contributed by atoms with Gasteiger partial charge in [0.2, 0.25) is 10.0 Å². The smallest absolute Gasteiger partial charge is 0.335 e. The number of carbonyl (C=O) groups is 1. The molecule has 4 aromatic rings. The van der Waals surface area contributed by atoms with E-state index in [1.807, 2.05) is 52.1 Å². The first kappa shape index (κ1) is 26.2. The fourth-order valence-electron chi connectivity index (χ4n) is 4.72. The first-order valence-electron chi connectivity index (χ1n) is 11.8. The first-order chi connectivity index (χ1) is 18.7. The van der Waals surface area contributed by atoms with Crippen LogP contribution in [-0.4, -0.2) is 47.5 Å². The highest BCUT2D eigenvalue weighted by molar-refractivity contribution is 7.92. The normalized spacial score (nSPS) is 17.1. The molecule has 12 heteroatoms. The van der Waals surface area contributed by atoms with E-state index < -0.39 is 22.0 Å². The number of nitrogens with one attached hydrogen (secondary N) is 2. The number of sulfonamides is 1. The molecule has 1 saturated heterocycles. The van der Waals surface area contributed by atoms with Crippen LogP contribution < -0.4 is 19.7 Å². The van der Waals surface area contributed by atoms with Crippen LogP contribution in [-0.2, 0) is 10.0 Å². The highest BCUT2D eigenvalue weighted by Gasteiger charge is 2.42. The quantitative estimate of drug-likeness (QED) is 0.271. The molecule has 0 aliphatic carbocycles. The molecule has 0 radical (unpaired) electrons. The van der Waals surface area contributed by atoms with Gasteiger partial charge >= 0.3 is 5.97 Å². The van der Waals surface area contributed by atoms with Crippen molar-refractivity contribution in [1.82, 2.24) is 14.9 Å². The second-order valence-corrected chi connectivity index (χ2v) is 11.0. The molecule has 3 heterocycles. The van der Waals surface area contributed by atoms with E-state index in [1.54, 1.807) is 36.5 Å². The number of benzene rings is 2.